The van der Waals surface area contributed by atoms with Crippen LogP contribution < -0.4 is 9.47 Å². The van der Waals surface area contributed by atoms with Gasteiger partial charge in [-0.1, -0.05) is 37.4 Å². The van der Waals surface area contributed by atoms with Crippen molar-refractivity contribution in [2.24, 2.45) is 0 Å². The third-order valence-corrected chi connectivity index (χ3v) is 4.65. The van der Waals surface area contributed by atoms with E-state index in [-0.39, 0.29) is 38.6 Å². The van der Waals surface area contributed by atoms with E-state index in [2.05, 4.69) is 13.2 Å². The number of hydrogen-bond donors (Lipinski definition) is 0. The van der Waals surface area contributed by atoms with Gasteiger partial charge in [-0.15, -0.1) is 0 Å². The molecule has 0 aliphatic rings. The zero-order chi connectivity index (χ0) is 27.0. The van der Waals surface area contributed by atoms with Gasteiger partial charge in [0.1, 0.15) is 49.6 Å². The summed E-state index contributed by atoms with van der Waals surface area (Å²) in [6.45, 7) is 8.82. The smallest absolute Gasteiger partial charge is 0.349 e. The molecule has 0 saturated heterocycles. The second kappa shape index (κ2) is 15.2. The lowest BCUT2D eigenvalue weighted by Crippen LogP contribution is -2.11. The lowest BCUT2D eigenvalue weighted by atomic mass is 9.93. The summed E-state index contributed by atoms with van der Waals surface area (Å²) in [5.41, 5.74) is 1.39. The highest BCUT2D eigenvalue weighted by atomic mass is 16.6. The maximum atomic E-state index is 12.6. The fourth-order valence-corrected chi connectivity index (χ4v) is 3.02. The van der Waals surface area contributed by atoms with Gasteiger partial charge in [-0.3, -0.25) is 0 Å². The van der Waals surface area contributed by atoms with Crippen LogP contribution in [0, 0.1) is 11.3 Å². The van der Waals surface area contributed by atoms with Gasteiger partial charge in [0, 0.05) is 17.7 Å². The molecule has 0 aromatic heterocycles. The minimum Gasteiger partial charge on any atom is -0.490 e. The Morgan fingerprint density at radius 1 is 0.757 bits per heavy atom. The molecule has 0 atom stereocenters. The summed E-state index contributed by atoms with van der Waals surface area (Å²) in [7, 11) is 0. The minimum atomic E-state index is -0.742. The number of rotatable bonds is 14. The van der Waals surface area contributed by atoms with Crippen LogP contribution in [0.4, 0.5) is 0 Å². The second-order valence-electron chi connectivity index (χ2n) is 7.07. The summed E-state index contributed by atoms with van der Waals surface area (Å²) in [5, 5.41) is 9.79. The van der Waals surface area contributed by atoms with Crippen molar-refractivity contribution in [3.05, 3.63) is 90.5 Å². The number of carbonyl (C=O) groups excluding carboxylic acids is 3. The third kappa shape index (κ3) is 9.03. The molecule has 0 amide bonds. The molecule has 192 valence electrons. The average molecular weight is 506 g/mol. The van der Waals surface area contributed by atoms with Crippen LogP contribution in [-0.4, -0.2) is 50.9 Å². The number of benzene rings is 2. The molecule has 0 heterocycles. The lowest BCUT2D eigenvalue weighted by Gasteiger charge is -2.14. The largest absolute Gasteiger partial charge is 0.490 e. The van der Waals surface area contributed by atoms with Gasteiger partial charge in [0.15, 0.2) is 0 Å². The molecule has 0 saturated carbocycles. The van der Waals surface area contributed by atoms with Gasteiger partial charge in [-0.05, 0) is 42.3 Å². The van der Waals surface area contributed by atoms with E-state index < -0.39 is 17.9 Å². The van der Waals surface area contributed by atoms with Gasteiger partial charge in [-0.2, -0.15) is 5.26 Å². The Morgan fingerprint density at radius 2 is 1.19 bits per heavy atom. The molecule has 2 aromatic carbocycles. The molecule has 0 aliphatic heterocycles. The minimum absolute atomic E-state index is 0.0598. The van der Waals surface area contributed by atoms with Gasteiger partial charge in [0.25, 0.3) is 0 Å². The molecule has 2 rings (SSSR count). The summed E-state index contributed by atoms with van der Waals surface area (Å²) in [5.74, 6) is -0.802. The Balaban J connectivity index is 2.24. The van der Waals surface area contributed by atoms with Crippen LogP contribution in [0.15, 0.2) is 79.4 Å². The van der Waals surface area contributed by atoms with Crippen LogP contribution in [0.2, 0.25) is 0 Å². The quantitative estimate of drug-likeness (QED) is 0.124. The van der Waals surface area contributed by atoms with E-state index in [0.29, 0.717) is 28.2 Å². The van der Waals surface area contributed by atoms with Gasteiger partial charge in [-0.25, -0.2) is 14.4 Å². The van der Waals surface area contributed by atoms with Crippen molar-refractivity contribution in [1.82, 2.24) is 0 Å². The number of nitrogens with zero attached hydrogens (tertiary/aromatic N) is 1. The van der Waals surface area contributed by atoms with Crippen LogP contribution in [0.25, 0.3) is 5.57 Å². The van der Waals surface area contributed by atoms with Crippen LogP contribution in [0.1, 0.15) is 18.1 Å². The predicted molar refractivity (Wildman–Crippen MR) is 134 cm³/mol. The summed E-state index contributed by atoms with van der Waals surface area (Å²) < 4.78 is 26.0. The van der Waals surface area contributed by atoms with Crippen LogP contribution in [-0.2, 0) is 28.6 Å². The zero-order valence-corrected chi connectivity index (χ0v) is 20.4. The Labute approximate surface area is 215 Å². The topological polar surface area (TPSA) is 121 Å². The Bertz CT molecular complexity index is 1100. The predicted octanol–water partition coefficient (Wildman–Crippen LogP) is 3.79. The van der Waals surface area contributed by atoms with Gasteiger partial charge >= 0.3 is 17.9 Å². The van der Waals surface area contributed by atoms with Gasteiger partial charge in [0.05, 0.1) is 6.61 Å². The Kier molecular flexibility index (Phi) is 11.7. The molecule has 0 N–H and O–H groups in total. The number of esters is 3. The normalized spacial score (nSPS) is 9.73. The number of ether oxygens (including phenoxy) is 5. The van der Waals surface area contributed by atoms with E-state index in [1.807, 2.05) is 6.07 Å². The second-order valence-corrected chi connectivity index (χ2v) is 7.07. The van der Waals surface area contributed by atoms with E-state index >= 15 is 0 Å². The zero-order valence-electron chi connectivity index (χ0n) is 20.4. The highest BCUT2D eigenvalue weighted by Gasteiger charge is 2.20. The van der Waals surface area contributed by atoms with E-state index in [1.165, 1.54) is 0 Å². The fraction of sp³-hybridized carbons (Fsp3) is 0.214. The number of hydrogen-bond acceptors (Lipinski definition) is 9. The van der Waals surface area contributed by atoms with Crippen molar-refractivity contribution < 1.29 is 38.1 Å². The maximum absolute atomic E-state index is 12.6. The van der Waals surface area contributed by atoms with Crippen molar-refractivity contribution in [3.63, 3.8) is 0 Å². The molecule has 9 heteroatoms. The molecule has 0 radical (unpaired) electrons. The first-order chi connectivity index (χ1) is 17.9. The van der Waals surface area contributed by atoms with Gasteiger partial charge < -0.3 is 23.7 Å². The van der Waals surface area contributed by atoms with E-state index in [0.717, 1.165) is 12.2 Å². The van der Waals surface area contributed by atoms with Gasteiger partial charge in [0.2, 0.25) is 0 Å². The fourth-order valence-electron chi connectivity index (χ4n) is 3.02. The number of carbonyl (C=O) groups is 3. The summed E-state index contributed by atoms with van der Waals surface area (Å²) in [4.78, 5) is 34.8. The SMILES string of the molecule is C=CC(=O)OCCOc1ccc(C(=C(C#N)C(=O)OCC)c2ccc(OCCOC(=O)C=C)cc2)cc1. The van der Waals surface area contributed by atoms with E-state index in [1.54, 1.807) is 55.5 Å². The summed E-state index contributed by atoms with van der Waals surface area (Å²) in [6.07, 6.45) is 2.14. The maximum Gasteiger partial charge on any atom is 0.349 e. The van der Waals surface area contributed by atoms with Crippen molar-refractivity contribution in [2.45, 2.75) is 6.92 Å². The van der Waals surface area contributed by atoms with E-state index in [9.17, 15) is 19.6 Å². The molecule has 0 aliphatic carbocycles. The van der Waals surface area contributed by atoms with Crippen LogP contribution >= 0.6 is 0 Å². The summed E-state index contributed by atoms with van der Waals surface area (Å²) in [6, 6.07) is 15.5. The highest BCUT2D eigenvalue weighted by molar-refractivity contribution is 6.05. The molecular formula is C28H27NO8. The van der Waals surface area contributed by atoms with Crippen molar-refractivity contribution in [2.75, 3.05) is 33.0 Å². The van der Waals surface area contributed by atoms with Crippen molar-refractivity contribution in [1.29, 1.82) is 5.26 Å². The Morgan fingerprint density at radius 3 is 1.54 bits per heavy atom. The molecule has 0 bridgehead atoms. The summed E-state index contributed by atoms with van der Waals surface area (Å²) >= 11 is 0. The first kappa shape index (κ1) is 28.4. The first-order valence-corrected chi connectivity index (χ1v) is 11.3. The lowest BCUT2D eigenvalue weighted by molar-refractivity contribution is -0.139. The molecule has 0 unspecified atom stereocenters. The van der Waals surface area contributed by atoms with Crippen molar-refractivity contribution >= 4 is 23.5 Å². The average Bonchev–Trinajstić information content (AvgIpc) is 2.92. The molecular weight excluding hydrogens is 478 g/mol. The van der Waals surface area contributed by atoms with Crippen LogP contribution in [0.5, 0.6) is 11.5 Å². The third-order valence-electron chi connectivity index (χ3n) is 4.65. The van der Waals surface area contributed by atoms with Crippen LogP contribution in [0.3, 0.4) is 0 Å². The molecule has 2 aromatic rings. The standard InChI is InChI=1S/C28H27NO8/c1-4-25(30)36-17-15-34-22-11-7-20(8-12-22)27(24(19-29)28(32)33-6-3)21-9-13-23(14-10-21)35-16-18-37-26(31)5-2/h4-5,7-14H,1-2,6,15-18H2,3H3. The first-order valence-electron chi connectivity index (χ1n) is 11.3. The highest BCUT2D eigenvalue weighted by Crippen LogP contribution is 2.30. The molecule has 0 spiro atoms. The number of nitriles is 1. The van der Waals surface area contributed by atoms with E-state index in [4.69, 9.17) is 23.7 Å². The van der Waals surface area contributed by atoms with Crippen molar-refractivity contribution in [3.8, 4) is 17.6 Å². The monoisotopic (exact) mass is 505 g/mol. The molecule has 9 nitrogen and oxygen atoms in total. The molecule has 0 fully saturated rings. The molecule has 37 heavy (non-hydrogen) atoms. The Hall–Kier alpha value is -4.84.